The molecule has 2 N–H and O–H groups in total. The third kappa shape index (κ3) is 5.62. The minimum Gasteiger partial charge on any atom is -0.383 e. The molecule has 1 rings (SSSR count). The zero-order chi connectivity index (χ0) is 13.2. The van der Waals surface area contributed by atoms with Crippen LogP contribution in [0.15, 0.2) is 17.5 Å². The molecular weight excluding hydrogens is 248 g/mol. The zero-order valence-corrected chi connectivity index (χ0v) is 11.9. The van der Waals surface area contributed by atoms with Crippen LogP contribution in [-0.2, 0) is 9.53 Å². The largest absolute Gasteiger partial charge is 0.383 e. The van der Waals surface area contributed by atoms with Crippen LogP contribution in [0.5, 0.6) is 0 Å². The number of hydrogen-bond acceptors (Lipinski definition) is 4. The number of ether oxygens (including phenoxy) is 1. The number of methoxy groups -OCH3 is 1. The molecule has 0 spiro atoms. The quantitative estimate of drug-likeness (QED) is 0.674. The number of carbonyl (C=O) groups excluding carboxylic acids is 1. The number of hydrogen-bond donors (Lipinski definition) is 2. The van der Waals surface area contributed by atoms with Crippen molar-refractivity contribution in [3.8, 4) is 0 Å². The van der Waals surface area contributed by atoms with Crippen molar-refractivity contribution in [1.82, 2.24) is 10.6 Å². The highest BCUT2D eigenvalue weighted by Gasteiger charge is 2.14. The molecule has 0 saturated heterocycles. The Morgan fingerprint density at radius 1 is 1.56 bits per heavy atom. The normalized spacial score (nSPS) is 12.3. The second kappa shape index (κ2) is 9.08. The third-order valence-corrected chi connectivity index (χ3v) is 3.55. The van der Waals surface area contributed by atoms with E-state index in [1.54, 1.807) is 18.4 Å². The number of nitrogens with one attached hydrogen (secondary N) is 2. The van der Waals surface area contributed by atoms with Crippen molar-refractivity contribution in [1.29, 1.82) is 0 Å². The van der Waals surface area contributed by atoms with Gasteiger partial charge in [0.25, 0.3) is 0 Å². The lowest BCUT2D eigenvalue weighted by Crippen LogP contribution is -2.37. The van der Waals surface area contributed by atoms with Crippen LogP contribution in [-0.4, -0.2) is 32.7 Å². The molecule has 18 heavy (non-hydrogen) atoms. The molecule has 1 aromatic rings. The summed E-state index contributed by atoms with van der Waals surface area (Å²) in [7, 11) is 1.65. The van der Waals surface area contributed by atoms with Crippen molar-refractivity contribution in [3.05, 3.63) is 22.4 Å². The maximum absolute atomic E-state index is 11.8. The van der Waals surface area contributed by atoms with Crippen LogP contribution in [0.2, 0.25) is 0 Å². The lowest BCUT2D eigenvalue weighted by Gasteiger charge is -2.17. The molecule has 102 valence electrons. The van der Waals surface area contributed by atoms with Crippen molar-refractivity contribution in [2.24, 2.45) is 0 Å². The van der Waals surface area contributed by atoms with E-state index in [2.05, 4.69) is 23.6 Å². The molecule has 1 unspecified atom stereocenters. The predicted molar refractivity (Wildman–Crippen MR) is 74.9 cm³/mol. The summed E-state index contributed by atoms with van der Waals surface area (Å²) < 4.78 is 4.91. The first-order valence-electron chi connectivity index (χ1n) is 6.30. The van der Waals surface area contributed by atoms with Gasteiger partial charge in [-0.1, -0.05) is 19.4 Å². The van der Waals surface area contributed by atoms with Crippen molar-refractivity contribution in [2.45, 2.75) is 25.8 Å². The third-order valence-electron chi connectivity index (χ3n) is 2.57. The molecule has 0 saturated carbocycles. The highest BCUT2D eigenvalue weighted by atomic mass is 32.1. The summed E-state index contributed by atoms with van der Waals surface area (Å²) in [5.74, 6) is 0.0398. The maximum atomic E-state index is 11.8. The summed E-state index contributed by atoms with van der Waals surface area (Å²) in [5, 5.41) is 8.15. The molecule has 0 aromatic carbocycles. The summed E-state index contributed by atoms with van der Waals surface area (Å²) in [6.07, 6.45) is 2.03. The van der Waals surface area contributed by atoms with Crippen LogP contribution >= 0.6 is 11.3 Å². The van der Waals surface area contributed by atoms with E-state index in [1.165, 1.54) is 4.88 Å². The van der Waals surface area contributed by atoms with E-state index in [9.17, 15) is 4.79 Å². The van der Waals surface area contributed by atoms with Gasteiger partial charge in [-0.25, -0.2) is 0 Å². The zero-order valence-electron chi connectivity index (χ0n) is 11.1. The molecule has 0 aliphatic carbocycles. The lowest BCUT2D eigenvalue weighted by molar-refractivity contribution is -0.121. The van der Waals surface area contributed by atoms with E-state index in [0.29, 0.717) is 19.7 Å². The van der Waals surface area contributed by atoms with Gasteiger partial charge in [-0.3, -0.25) is 4.79 Å². The van der Waals surface area contributed by atoms with E-state index < -0.39 is 0 Å². The Hall–Kier alpha value is -0.910. The first-order chi connectivity index (χ1) is 8.77. The summed E-state index contributed by atoms with van der Waals surface area (Å²) in [4.78, 5) is 13.0. The second-order valence-corrected chi connectivity index (χ2v) is 5.07. The van der Waals surface area contributed by atoms with Gasteiger partial charge in [0.2, 0.25) is 5.91 Å². The van der Waals surface area contributed by atoms with Crippen molar-refractivity contribution >= 4 is 17.2 Å². The smallest absolute Gasteiger partial charge is 0.234 e. The first-order valence-corrected chi connectivity index (χ1v) is 7.18. The molecule has 0 radical (unpaired) electrons. The molecule has 1 amide bonds. The van der Waals surface area contributed by atoms with Gasteiger partial charge in [0, 0.05) is 18.5 Å². The molecule has 0 bridgehead atoms. The molecule has 4 nitrogen and oxygen atoms in total. The van der Waals surface area contributed by atoms with Gasteiger partial charge < -0.3 is 15.4 Å². The molecule has 1 atom stereocenters. The maximum Gasteiger partial charge on any atom is 0.234 e. The average molecular weight is 270 g/mol. The molecule has 0 aliphatic rings. The summed E-state index contributed by atoms with van der Waals surface area (Å²) in [6.45, 7) is 3.79. The van der Waals surface area contributed by atoms with Crippen LogP contribution in [0.4, 0.5) is 0 Å². The minimum atomic E-state index is 0.0398. The van der Waals surface area contributed by atoms with E-state index in [-0.39, 0.29) is 11.9 Å². The molecule has 0 fully saturated rings. The molecule has 1 heterocycles. The van der Waals surface area contributed by atoms with Gasteiger partial charge >= 0.3 is 0 Å². The minimum absolute atomic E-state index is 0.0398. The average Bonchev–Trinajstić information content (AvgIpc) is 2.88. The first kappa shape index (κ1) is 15.1. The van der Waals surface area contributed by atoms with Gasteiger partial charge in [0.1, 0.15) is 0 Å². The van der Waals surface area contributed by atoms with Gasteiger partial charge in [0.15, 0.2) is 0 Å². The lowest BCUT2D eigenvalue weighted by atomic mass is 10.1. The van der Waals surface area contributed by atoms with Gasteiger partial charge in [-0.15, -0.1) is 11.3 Å². The Balaban J connectivity index is 2.34. The van der Waals surface area contributed by atoms with Crippen molar-refractivity contribution in [3.63, 3.8) is 0 Å². The van der Waals surface area contributed by atoms with Gasteiger partial charge in [0.05, 0.1) is 19.2 Å². The summed E-state index contributed by atoms with van der Waals surface area (Å²) in [5.41, 5.74) is 0. The van der Waals surface area contributed by atoms with E-state index in [0.717, 1.165) is 12.8 Å². The SMILES string of the molecule is CCCC(NC(=O)CNCCOC)c1cccs1. The standard InChI is InChI=1S/C13H22N2O2S/c1-3-5-11(12-6-4-9-18-12)15-13(16)10-14-7-8-17-2/h4,6,9,11,14H,3,5,7-8,10H2,1-2H3,(H,15,16). The number of rotatable bonds is 9. The fourth-order valence-corrected chi connectivity index (χ4v) is 2.50. The Labute approximate surface area is 113 Å². The molecule has 5 heteroatoms. The van der Waals surface area contributed by atoms with E-state index in [1.807, 2.05) is 11.4 Å². The Kier molecular flexibility index (Phi) is 7.64. The number of amides is 1. The van der Waals surface area contributed by atoms with Crippen LogP contribution in [0, 0.1) is 0 Å². The number of carbonyl (C=O) groups is 1. The fraction of sp³-hybridized carbons (Fsp3) is 0.615. The van der Waals surface area contributed by atoms with Crippen molar-refractivity contribution < 1.29 is 9.53 Å². The van der Waals surface area contributed by atoms with E-state index in [4.69, 9.17) is 4.74 Å². The van der Waals surface area contributed by atoms with Crippen LogP contribution < -0.4 is 10.6 Å². The summed E-state index contributed by atoms with van der Waals surface area (Å²) in [6, 6.07) is 4.24. The summed E-state index contributed by atoms with van der Waals surface area (Å²) >= 11 is 1.69. The highest BCUT2D eigenvalue weighted by Crippen LogP contribution is 2.22. The van der Waals surface area contributed by atoms with Gasteiger partial charge in [-0.05, 0) is 17.9 Å². The Morgan fingerprint density at radius 2 is 2.39 bits per heavy atom. The van der Waals surface area contributed by atoms with Gasteiger partial charge in [-0.2, -0.15) is 0 Å². The second-order valence-electron chi connectivity index (χ2n) is 4.09. The molecule has 1 aromatic heterocycles. The monoisotopic (exact) mass is 270 g/mol. The number of thiophene rings is 1. The Morgan fingerprint density at radius 3 is 3.00 bits per heavy atom. The van der Waals surface area contributed by atoms with Crippen LogP contribution in [0.25, 0.3) is 0 Å². The predicted octanol–water partition coefficient (Wildman–Crippen LogP) is 1.94. The fourth-order valence-electron chi connectivity index (χ4n) is 1.69. The van der Waals surface area contributed by atoms with E-state index >= 15 is 0 Å². The Bertz CT molecular complexity index is 328. The molecule has 0 aliphatic heterocycles. The highest BCUT2D eigenvalue weighted by molar-refractivity contribution is 7.10. The topological polar surface area (TPSA) is 50.4 Å². The van der Waals surface area contributed by atoms with Crippen LogP contribution in [0.3, 0.4) is 0 Å². The molecular formula is C13H22N2O2S. The van der Waals surface area contributed by atoms with Crippen LogP contribution in [0.1, 0.15) is 30.7 Å². The van der Waals surface area contributed by atoms with Crippen molar-refractivity contribution in [2.75, 3.05) is 26.8 Å².